The number of hydrogen-bond acceptors (Lipinski definition) is 3. The van der Waals surface area contributed by atoms with Gasteiger partial charge in [0.2, 0.25) is 0 Å². The smallest absolute Gasteiger partial charge is 0.309 e. The van der Waals surface area contributed by atoms with E-state index in [1.807, 2.05) is 35.9 Å². The first-order valence-electron chi connectivity index (χ1n) is 10.4. The number of aromatic nitrogens is 2. The maximum atomic E-state index is 12.0. The second-order valence-corrected chi connectivity index (χ2v) is 7.60. The molecule has 2 aromatic carbocycles. The van der Waals surface area contributed by atoms with Crippen molar-refractivity contribution in [2.45, 2.75) is 26.3 Å². The number of para-hydroxylation sites is 1. The molecule has 0 amide bonds. The topological polar surface area (TPSA) is 48.6 Å². The van der Waals surface area contributed by atoms with E-state index in [1.165, 1.54) is 10.5 Å². The van der Waals surface area contributed by atoms with Crippen molar-refractivity contribution in [3.8, 4) is 16.9 Å². The molecule has 2 heterocycles. The standard InChI is InChI=1S/C24H27N3O2/c1-2-29-24(28)20-13-15-26(16-14-20)17-21-18-27(22-11-7-4-8-12-22)25-23(21)19-9-5-3-6-10-19/h3-12,18,20H,2,13-17H2,1H3/p+1. The number of nitrogens with zero attached hydrogens (tertiary/aromatic N) is 2. The highest BCUT2D eigenvalue weighted by atomic mass is 16.5. The van der Waals surface area contributed by atoms with E-state index in [1.54, 1.807) is 0 Å². The molecule has 150 valence electrons. The molecule has 0 spiro atoms. The summed E-state index contributed by atoms with van der Waals surface area (Å²) in [6, 6.07) is 20.6. The molecule has 5 nitrogen and oxygen atoms in total. The van der Waals surface area contributed by atoms with E-state index in [0.717, 1.165) is 49.4 Å². The molecular weight excluding hydrogens is 362 g/mol. The third-order valence-electron chi connectivity index (χ3n) is 5.61. The summed E-state index contributed by atoms with van der Waals surface area (Å²) in [6.07, 6.45) is 3.94. The molecule has 1 aromatic heterocycles. The summed E-state index contributed by atoms with van der Waals surface area (Å²) in [5.74, 6) is 0.0211. The number of nitrogens with one attached hydrogen (secondary N) is 1. The lowest BCUT2D eigenvalue weighted by molar-refractivity contribution is -0.919. The highest BCUT2D eigenvalue weighted by Gasteiger charge is 2.29. The number of esters is 1. The molecule has 1 fully saturated rings. The van der Waals surface area contributed by atoms with Crippen LogP contribution in [0.15, 0.2) is 66.9 Å². The highest BCUT2D eigenvalue weighted by molar-refractivity contribution is 5.72. The third kappa shape index (κ3) is 4.57. The van der Waals surface area contributed by atoms with Crippen molar-refractivity contribution in [3.63, 3.8) is 0 Å². The van der Waals surface area contributed by atoms with Crippen LogP contribution < -0.4 is 4.90 Å². The Morgan fingerprint density at radius 1 is 1.07 bits per heavy atom. The van der Waals surface area contributed by atoms with Crippen LogP contribution >= 0.6 is 0 Å². The van der Waals surface area contributed by atoms with Crippen LogP contribution in [0.3, 0.4) is 0 Å². The van der Waals surface area contributed by atoms with Crippen molar-refractivity contribution in [3.05, 3.63) is 72.4 Å². The molecule has 3 aromatic rings. The van der Waals surface area contributed by atoms with Crippen molar-refractivity contribution in [1.29, 1.82) is 0 Å². The molecule has 1 saturated heterocycles. The van der Waals surface area contributed by atoms with Crippen molar-refractivity contribution >= 4 is 5.97 Å². The van der Waals surface area contributed by atoms with E-state index in [2.05, 4.69) is 42.6 Å². The van der Waals surface area contributed by atoms with Crippen LogP contribution in [0.5, 0.6) is 0 Å². The molecule has 0 bridgehead atoms. The van der Waals surface area contributed by atoms with Gasteiger partial charge in [-0.2, -0.15) is 5.10 Å². The molecule has 0 saturated carbocycles. The number of benzene rings is 2. The van der Waals surface area contributed by atoms with Gasteiger partial charge in [-0.25, -0.2) is 4.68 Å². The van der Waals surface area contributed by atoms with Gasteiger partial charge < -0.3 is 9.64 Å². The minimum Gasteiger partial charge on any atom is -0.466 e. The van der Waals surface area contributed by atoms with Crippen molar-refractivity contribution < 1.29 is 14.4 Å². The van der Waals surface area contributed by atoms with Gasteiger partial charge in [0.1, 0.15) is 12.2 Å². The van der Waals surface area contributed by atoms with Gasteiger partial charge >= 0.3 is 5.97 Å². The third-order valence-corrected chi connectivity index (χ3v) is 5.61. The first kappa shape index (κ1) is 19.4. The van der Waals surface area contributed by atoms with Crippen LogP contribution in [0.2, 0.25) is 0 Å². The molecule has 1 N–H and O–H groups in total. The monoisotopic (exact) mass is 390 g/mol. The number of likely N-dealkylation sites (tertiary alicyclic amines) is 1. The van der Waals surface area contributed by atoms with Gasteiger partial charge in [-0.1, -0.05) is 48.5 Å². The van der Waals surface area contributed by atoms with E-state index < -0.39 is 0 Å². The zero-order chi connectivity index (χ0) is 20.1. The van der Waals surface area contributed by atoms with Gasteiger partial charge in [-0.3, -0.25) is 4.79 Å². The van der Waals surface area contributed by atoms with Crippen molar-refractivity contribution in [2.75, 3.05) is 19.7 Å². The van der Waals surface area contributed by atoms with Crippen molar-refractivity contribution in [1.82, 2.24) is 9.78 Å². The number of piperidine rings is 1. The molecule has 0 radical (unpaired) electrons. The minimum atomic E-state index is -0.0339. The van der Waals surface area contributed by atoms with E-state index in [0.29, 0.717) is 6.61 Å². The summed E-state index contributed by atoms with van der Waals surface area (Å²) in [6.45, 7) is 5.20. The Morgan fingerprint density at radius 2 is 1.72 bits per heavy atom. The lowest BCUT2D eigenvalue weighted by atomic mass is 9.96. The lowest BCUT2D eigenvalue weighted by Crippen LogP contribution is -3.11. The molecule has 0 aliphatic carbocycles. The fraction of sp³-hybridized carbons (Fsp3) is 0.333. The Kier molecular flexibility index (Phi) is 6.06. The maximum Gasteiger partial charge on any atom is 0.309 e. The molecule has 4 rings (SSSR count). The summed E-state index contributed by atoms with van der Waals surface area (Å²) in [4.78, 5) is 13.5. The Morgan fingerprint density at radius 3 is 2.38 bits per heavy atom. The lowest BCUT2D eigenvalue weighted by Gasteiger charge is -2.28. The van der Waals surface area contributed by atoms with Gasteiger partial charge in [-0.05, 0) is 19.1 Å². The van der Waals surface area contributed by atoms with Crippen LogP contribution in [0.25, 0.3) is 16.9 Å². The molecular formula is C24H28N3O2+. The number of carbonyl (C=O) groups excluding carboxylic acids is 1. The number of hydrogen-bond donors (Lipinski definition) is 1. The van der Waals surface area contributed by atoms with Gasteiger partial charge in [-0.15, -0.1) is 0 Å². The quantitative estimate of drug-likeness (QED) is 0.659. The van der Waals surface area contributed by atoms with Crippen LogP contribution in [-0.2, 0) is 16.1 Å². The number of quaternary nitrogens is 1. The average molecular weight is 391 g/mol. The van der Waals surface area contributed by atoms with Gasteiger partial charge in [0.25, 0.3) is 0 Å². The second-order valence-electron chi connectivity index (χ2n) is 7.60. The van der Waals surface area contributed by atoms with Gasteiger partial charge in [0, 0.05) is 24.6 Å². The molecule has 29 heavy (non-hydrogen) atoms. The summed E-state index contributed by atoms with van der Waals surface area (Å²) >= 11 is 0. The van der Waals surface area contributed by atoms with Crippen LogP contribution in [-0.4, -0.2) is 35.4 Å². The van der Waals surface area contributed by atoms with E-state index in [-0.39, 0.29) is 11.9 Å². The summed E-state index contributed by atoms with van der Waals surface area (Å²) in [5.41, 5.74) is 4.48. The number of ether oxygens (including phenoxy) is 1. The first-order chi connectivity index (χ1) is 14.2. The van der Waals surface area contributed by atoms with Crippen LogP contribution in [0, 0.1) is 5.92 Å². The predicted molar refractivity (Wildman–Crippen MR) is 113 cm³/mol. The largest absolute Gasteiger partial charge is 0.466 e. The van der Waals surface area contributed by atoms with Crippen LogP contribution in [0.4, 0.5) is 0 Å². The van der Waals surface area contributed by atoms with Gasteiger partial charge in [0.05, 0.1) is 36.9 Å². The fourth-order valence-corrected chi connectivity index (χ4v) is 4.06. The Bertz CT molecular complexity index is 929. The SMILES string of the molecule is CCOC(=O)C1CC[NH+](Cc2cn(-c3ccccc3)nc2-c2ccccc2)CC1. The molecule has 1 aliphatic rings. The Hall–Kier alpha value is -2.92. The van der Waals surface area contributed by atoms with E-state index in [9.17, 15) is 4.79 Å². The molecule has 0 atom stereocenters. The number of carbonyl (C=O) groups is 1. The molecule has 0 unspecified atom stereocenters. The Labute approximate surface area is 171 Å². The maximum absolute atomic E-state index is 12.0. The summed E-state index contributed by atoms with van der Waals surface area (Å²) in [5, 5.41) is 4.91. The van der Waals surface area contributed by atoms with Crippen molar-refractivity contribution in [2.24, 2.45) is 5.92 Å². The van der Waals surface area contributed by atoms with Crippen LogP contribution in [0.1, 0.15) is 25.3 Å². The summed E-state index contributed by atoms with van der Waals surface area (Å²) < 4.78 is 7.18. The number of rotatable bonds is 6. The second kappa shape index (κ2) is 9.05. The highest BCUT2D eigenvalue weighted by Crippen LogP contribution is 2.23. The summed E-state index contributed by atoms with van der Waals surface area (Å²) in [7, 11) is 0. The predicted octanol–water partition coefficient (Wildman–Crippen LogP) is 2.90. The zero-order valence-electron chi connectivity index (χ0n) is 16.9. The molecule has 5 heteroatoms. The Balaban J connectivity index is 1.54. The fourth-order valence-electron chi connectivity index (χ4n) is 4.06. The van der Waals surface area contributed by atoms with E-state index in [4.69, 9.17) is 9.84 Å². The van der Waals surface area contributed by atoms with Gasteiger partial charge in [0.15, 0.2) is 0 Å². The zero-order valence-corrected chi connectivity index (χ0v) is 16.9. The normalized spacial score (nSPS) is 19.1. The molecule has 1 aliphatic heterocycles. The minimum absolute atomic E-state index is 0.0339. The van der Waals surface area contributed by atoms with E-state index >= 15 is 0 Å². The average Bonchev–Trinajstić information content (AvgIpc) is 3.19. The first-order valence-corrected chi connectivity index (χ1v) is 10.4.